The highest BCUT2D eigenvalue weighted by Crippen LogP contribution is 2.20. The van der Waals surface area contributed by atoms with Crippen LogP contribution in [0.1, 0.15) is 31.5 Å². The number of hydrogen-bond donors (Lipinski definition) is 2. The highest BCUT2D eigenvalue weighted by atomic mass is 32.1. The van der Waals surface area contributed by atoms with Gasteiger partial charge in [0.15, 0.2) is 0 Å². The van der Waals surface area contributed by atoms with Crippen molar-refractivity contribution in [3.8, 4) is 11.8 Å². The fraction of sp³-hybridized carbons (Fsp3) is 0.267. The Morgan fingerprint density at radius 1 is 1.38 bits per heavy atom. The van der Waals surface area contributed by atoms with E-state index < -0.39 is 0 Å². The number of hydrogen-bond acceptors (Lipinski definition) is 5. The number of carbonyl (C=O) groups is 1. The lowest BCUT2D eigenvalue weighted by Gasteiger charge is -2.02. The molecule has 1 amide bonds. The predicted octanol–water partition coefficient (Wildman–Crippen LogP) is 1.43. The van der Waals surface area contributed by atoms with Crippen LogP contribution in [0.4, 0.5) is 0 Å². The van der Waals surface area contributed by atoms with Crippen LogP contribution in [0.2, 0.25) is 0 Å². The molecular weight excluding hydrogens is 286 g/mol. The van der Waals surface area contributed by atoms with Gasteiger partial charge < -0.3 is 10.4 Å². The second kappa shape index (κ2) is 6.97. The zero-order chi connectivity index (χ0) is 15.2. The topological polar surface area (TPSA) is 75.1 Å². The zero-order valence-corrected chi connectivity index (χ0v) is 12.6. The van der Waals surface area contributed by atoms with Crippen LogP contribution in [0.25, 0.3) is 0 Å². The van der Waals surface area contributed by atoms with E-state index in [1.165, 1.54) is 11.3 Å². The maximum atomic E-state index is 12.1. The van der Waals surface area contributed by atoms with Crippen molar-refractivity contribution in [3.05, 3.63) is 45.2 Å². The molecule has 0 atom stereocenters. The second-order valence-electron chi connectivity index (χ2n) is 4.41. The summed E-state index contributed by atoms with van der Waals surface area (Å²) in [4.78, 5) is 21.8. The van der Waals surface area contributed by atoms with Crippen molar-refractivity contribution < 1.29 is 9.90 Å². The van der Waals surface area contributed by atoms with Crippen molar-refractivity contribution in [3.63, 3.8) is 0 Å². The monoisotopic (exact) mass is 301 g/mol. The molecule has 2 heterocycles. The number of aryl methyl sites for hydroxylation is 2. The van der Waals surface area contributed by atoms with Gasteiger partial charge in [0.1, 0.15) is 6.61 Å². The van der Waals surface area contributed by atoms with Crippen LogP contribution >= 0.6 is 11.3 Å². The minimum atomic E-state index is -0.190. The van der Waals surface area contributed by atoms with E-state index in [1.807, 2.05) is 13.8 Å². The van der Waals surface area contributed by atoms with Crippen LogP contribution in [-0.4, -0.2) is 27.6 Å². The average molecular weight is 301 g/mol. The highest BCUT2D eigenvalue weighted by Gasteiger charge is 2.11. The van der Waals surface area contributed by atoms with Gasteiger partial charge in [-0.1, -0.05) is 11.8 Å². The van der Waals surface area contributed by atoms with Crippen molar-refractivity contribution in [2.75, 3.05) is 6.61 Å². The van der Waals surface area contributed by atoms with Gasteiger partial charge in [-0.15, -0.1) is 11.3 Å². The number of nitrogens with zero attached hydrogens (tertiary/aromatic N) is 2. The molecule has 5 nitrogen and oxygen atoms in total. The van der Waals surface area contributed by atoms with Crippen molar-refractivity contribution in [1.82, 2.24) is 15.3 Å². The Labute approximate surface area is 127 Å². The smallest absolute Gasteiger partial charge is 0.261 e. The summed E-state index contributed by atoms with van der Waals surface area (Å²) in [5.41, 5.74) is 2.48. The normalized spacial score (nSPS) is 9.86. The molecule has 0 saturated heterocycles. The second-order valence-corrected chi connectivity index (χ2v) is 5.47. The molecule has 0 aliphatic heterocycles. The molecule has 2 N–H and O–H groups in total. The fourth-order valence-corrected chi connectivity index (χ4v) is 2.57. The lowest BCUT2D eigenvalue weighted by atomic mass is 10.2. The number of rotatable bonds is 3. The average Bonchev–Trinajstić information content (AvgIpc) is 2.85. The van der Waals surface area contributed by atoms with Crippen LogP contribution in [0, 0.1) is 25.7 Å². The molecule has 0 aromatic carbocycles. The van der Waals surface area contributed by atoms with Crippen molar-refractivity contribution >= 4 is 17.2 Å². The number of aliphatic hydroxyl groups is 1. The van der Waals surface area contributed by atoms with Gasteiger partial charge in [-0.25, -0.2) is 0 Å². The predicted molar refractivity (Wildman–Crippen MR) is 81.0 cm³/mol. The summed E-state index contributed by atoms with van der Waals surface area (Å²) in [6.45, 7) is 3.89. The molecule has 0 unspecified atom stereocenters. The molecule has 2 aromatic rings. The summed E-state index contributed by atoms with van der Waals surface area (Å²) >= 11 is 1.31. The molecular formula is C15H15N3O2S. The van der Waals surface area contributed by atoms with E-state index in [2.05, 4.69) is 27.1 Å². The van der Waals surface area contributed by atoms with E-state index in [4.69, 9.17) is 5.11 Å². The Hall–Kier alpha value is -2.23. The van der Waals surface area contributed by atoms with Crippen LogP contribution in [0.5, 0.6) is 0 Å². The third-order valence-electron chi connectivity index (χ3n) is 2.69. The lowest BCUT2D eigenvalue weighted by Crippen LogP contribution is -2.22. The quantitative estimate of drug-likeness (QED) is 0.841. The van der Waals surface area contributed by atoms with Crippen molar-refractivity contribution in [2.24, 2.45) is 0 Å². The molecule has 0 radical (unpaired) electrons. The molecule has 2 rings (SSSR count). The lowest BCUT2D eigenvalue weighted by molar-refractivity contribution is 0.0954. The van der Waals surface area contributed by atoms with E-state index in [-0.39, 0.29) is 12.5 Å². The van der Waals surface area contributed by atoms with Gasteiger partial charge >= 0.3 is 0 Å². The van der Waals surface area contributed by atoms with Gasteiger partial charge in [-0.3, -0.25) is 14.8 Å². The molecule has 0 aliphatic rings. The summed E-state index contributed by atoms with van der Waals surface area (Å²) in [7, 11) is 0. The summed E-state index contributed by atoms with van der Waals surface area (Å²) in [6, 6.07) is 1.79. The van der Waals surface area contributed by atoms with Gasteiger partial charge in [0.25, 0.3) is 5.91 Å². The summed E-state index contributed by atoms with van der Waals surface area (Å²) in [6.07, 6.45) is 3.31. The van der Waals surface area contributed by atoms with E-state index in [0.717, 1.165) is 16.1 Å². The summed E-state index contributed by atoms with van der Waals surface area (Å²) < 4.78 is 0. The summed E-state index contributed by atoms with van der Waals surface area (Å²) in [5, 5.41) is 11.5. The number of carbonyl (C=O) groups excluding carboxylic acids is 1. The molecule has 0 aliphatic carbocycles. The van der Waals surface area contributed by atoms with E-state index >= 15 is 0 Å². The minimum Gasteiger partial charge on any atom is -0.384 e. The Kier molecular flexibility index (Phi) is 5.04. The highest BCUT2D eigenvalue weighted by molar-refractivity contribution is 7.14. The van der Waals surface area contributed by atoms with Gasteiger partial charge in [-0.05, 0) is 25.5 Å². The first-order chi connectivity index (χ1) is 10.1. The number of nitrogens with one attached hydrogen (secondary N) is 1. The van der Waals surface area contributed by atoms with E-state index in [0.29, 0.717) is 17.1 Å². The maximum absolute atomic E-state index is 12.1. The van der Waals surface area contributed by atoms with Gasteiger partial charge in [0.2, 0.25) is 0 Å². The Balaban J connectivity index is 2.02. The summed E-state index contributed by atoms with van der Waals surface area (Å²) in [5.74, 6) is 5.26. The number of thiophene rings is 1. The van der Waals surface area contributed by atoms with Crippen LogP contribution in [0.3, 0.4) is 0 Å². The third-order valence-corrected chi connectivity index (χ3v) is 3.84. The molecule has 21 heavy (non-hydrogen) atoms. The largest absolute Gasteiger partial charge is 0.384 e. The van der Waals surface area contributed by atoms with Crippen LogP contribution < -0.4 is 5.32 Å². The number of aromatic nitrogens is 2. The molecule has 0 bridgehead atoms. The number of aliphatic hydroxyl groups excluding tert-OH is 1. The van der Waals surface area contributed by atoms with Crippen molar-refractivity contribution in [1.29, 1.82) is 0 Å². The molecule has 108 valence electrons. The molecule has 0 spiro atoms. The van der Waals surface area contributed by atoms with Gasteiger partial charge in [-0.2, -0.15) is 0 Å². The third kappa shape index (κ3) is 4.12. The number of amides is 1. The van der Waals surface area contributed by atoms with Gasteiger partial charge in [0, 0.05) is 6.20 Å². The molecule has 2 aromatic heterocycles. The zero-order valence-electron chi connectivity index (χ0n) is 11.8. The first kappa shape index (κ1) is 15.2. The van der Waals surface area contributed by atoms with Crippen LogP contribution in [0.15, 0.2) is 18.5 Å². The van der Waals surface area contributed by atoms with Crippen molar-refractivity contribution in [2.45, 2.75) is 20.4 Å². The van der Waals surface area contributed by atoms with E-state index in [9.17, 15) is 4.79 Å². The Bertz CT molecular complexity index is 696. The molecule has 0 saturated carbocycles. The first-order valence-electron chi connectivity index (χ1n) is 6.36. The van der Waals surface area contributed by atoms with Gasteiger partial charge in [0.05, 0.1) is 33.9 Å². The van der Waals surface area contributed by atoms with E-state index in [1.54, 1.807) is 18.5 Å². The first-order valence-corrected chi connectivity index (χ1v) is 7.17. The Morgan fingerprint density at radius 3 is 2.86 bits per heavy atom. The molecule has 0 fully saturated rings. The standard InChI is InChI=1S/C15H15N3O2S/c1-10-6-14(21-13(10)4-3-5-19)15(20)18-9-12-8-16-11(2)7-17-12/h6-8,19H,5,9H2,1-2H3,(H,18,20). The van der Waals surface area contributed by atoms with Crippen LogP contribution in [-0.2, 0) is 6.54 Å². The Morgan fingerprint density at radius 2 is 2.19 bits per heavy atom. The minimum absolute atomic E-state index is 0.164. The fourth-order valence-electron chi connectivity index (χ4n) is 1.61. The maximum Gasteiger partial charge on any atom is 0.261 e. The molecule has 6 heteroatoms. The SMILES string of the molecule is Cc1cnc(CNC(=O)c2cc(C)c(C#CCO)s2)cn1.